The first kappa shape index (κ1) is 11.0. The van der Waals surface area contributed by atoms with Crippen LogP contribution in [0.4, 0.5) is 10.5 Å². The zero-order chi connectivity index (χ0) is 11.4. The first-order valence-electron chi connectivity index (χ1n) is 5.44. The maximum Gasteiger partial charge on any atom is 0.319 e. The van der Waals surface area contributed by atoms with Crippen LogP contribution < -0.4 is 10.6 Å². The number of carbonyl (C=O) groups is 1. The smallest absolute Gasteiger partial charge is 0.319 e. The molecule has 4 nitrogen and oxygen atoms in total. The number of nitrogens with one attached hydrogen (secondary N) is 2. The topological polar surface area (TPSA) is 50.4 Å². The van der Waals surface area contributed by atoms with Gasteiger partial charge < -0.3 is 15.4 Å². The summed E-state index contributed by atoms with van der Waals surface area (Å²) in [6.45, 7) is 0.500. The van der Waals surface area contributed by atoms with Crippen molar-refractivity contribution in [3.8, 4) is 0 Å². The molecule has 0 spiro atoms. The average molecular weight is 220 g/mol. The van der Waals surface area contributed by atoms with Crippen LogP contribution in [0.5, 0.6) is 0 Å². The first-order chi connectivity index (χ1) is 7.79. The SMILES string of the molecule is COCc1ccccc1NC(=O)NC1CC1. The van der Waals surface area contributed by atoms with Crippen LogP contribution in [-0.4, -0.2) is 19.2 Å². The summed E-state index contributed by atoms with van der Waals surface area (Å²) in [5.74, 6) is 0. The lowest BCUT2D eigenvalue weighted by atomic mass is 10.2. The molecule has 1 saturated carbocycles. The van der Waals surface area contributed by atoms with Crippen LogP contribution in [0.1, 0.15) is 18.4 Å². The normalized spacial score (nSPS) is 14.6. The van der Waals surface area contributed by atoms with E-state index in [1.165, 1.54) is 0 Å². The van der Waals surface area contributed by atoms with Crippen molar-refractivity contribution in [1.29, 1.82) is 0 Å². The van der Waals surface area contributed by atoms with Gasteiger partial charge in [-0.2, -0.15) is 0 Å². The van der Waals surface area contributed by atoms with E-state index in [1.54, 1.807) is 7.11 Å². The second-order valence-corrected chi connectivity index (χ2v) is 3.96. The Hall–Kier alpha value is -1.55. The zero-order valence-corrected chi connectivity index (χ0v) is 9.32. The summed E-state index contributed by atoms with van der Waals surface area (Å²) in [4.78, 5) is 11.6. The molecule has 0 bridgehead atoms. The third-order valence-electron chi connectivity index (χ3n) is 2.48. The Kier molecular flexibility index (Phi) is 3.41. The molecule has 0 aliphatic heterocycles. The van der Waals surface area contributed by atoms with Gasteiger partial charge in [0.25, 0.3) is 0 Å². The van der Waals surface area contributed by atoms with Crippen LogP contribution in [0.3, 0.4) is 0 Å². The van der Waals surface area contributed by atoms with E-state index in [2.05, 4.69) is 10.6 Å². The molecular formula is C12H16N2O2. The molecule has 2 rings (SSSR count). The van der Waals surface area contributed by atoms with Crippen LogP contribution >= 0.6 is 0 Å². The molecule has 0 unspecified atom stereocenters. The van der Waals surface area contributed by atoms with Crippen molar-refractivity contribution in [2.24, 2.45) is 0 Å². The minimum Gasteiger partial charge on any atom is -0.380 e. The molecule has 1 aliphatic carbocycles. The van der Waals surface area contributed by atoms with E-state index in [4.69, 9.17) is 4.74 Å². The van der Waals surface area contributed by atoms with Crippen molar-refractivity contribution in [2.75, 3.05) is 12.4 Å². The van der Waals surface area contributed by atoms with Crippen LogP contribution in [0, 0.1) is 0 Å². The van der Waals surface area contributed by atoms with E-state index >= 15 is 0 Å². The van der Waals surface area contributed by atoms with Crippen LogP contribution in [0.25, 0.3) is 0 Å². The van der Waals surface area contributed by atoms with Crippen molar-refractivity contribution in [3.05, 3.63) is 29.8 Å². The summed E-state index contributed by atoms with van der Waals surface area (Å²) in [5, 5.41) is 5.72. The third-order valence-corrected chi connectivity index (χ3v) is 2.48. The summed E-state index contributed by atoms with van der Waals surface area (Å²) < 4.78 is 5.07. The zero-order valence-electron chi connectivity index (χ0n) is 9.32. The molecule has 2 N–H and O–H groups in total. The summed E-state index contributed by atoms with van der Waals surface area (Å²) in [6, 6.07) is 7.88. The molecule has 0 aromatic heterocycles. The number of urea groups is 1. The van der Waals surface area contributed by atoms with E-state index in [1.807, 2.05) is 24.3 Å². The third kappa shape index (κ3) is 2.97. The van der Waals surface area contributed by atoms with Gasteiger partial charge in [0.05, 0.1) is 6.61 Å². The molecule has 16 heavy (non-hydrogen) atoms. The van der Waals surface area contributed by atoms with Gasteiger partial charge in [-0.05, 0) is 18.9 Å². The van der Waals surface area contributed by atoms with Crippen LogP contribution in [-0.2, 0) is 11.3 Å². The molecule has 86 valence electrons. The van der Waals surface area contributed by atoms with Crippen molar-refractivity contribution in [1.82, 2.24) is 5.32 Å². The Balaban J connectivity index is 1.98. The maximum atomic E-state index is 11.6. The Morgan fingerprint density at radius 1 is 1.44 bits per heavy atom. The minimum atomic E-state index is -0.133. The summed E-state index contributed by atoms with van der Waals surface area (Å²) in [7, 11) is 1.64. The van der Waals surface area contributed by atoms with E-state index in [9.17, 15) is 4.79 Å². The molecule has 0 atom stereocenters. The highest BCUT2D eigenvalue weighted by Gasteiger charge is 2.23. The van der Waals surface area contributed by atoms with E-state index in [0.717, 1.165) is 24.1 Å². The van der Waals surface area contributed by atoms with Crippen molar-refractivity contribution in [3.63, 3.8) is 0 Å². The summed E-state index contributed by atoms with van der Waals surface area (Å²) in [6.07, 6.45) is 2.18. The lowest BCUT2D eigenvalue weighted by Crippen LogP contribution is -2.30. The van der Waals surface area contributed by atoms with Gasteiger partial charge in [0.2, 0.25) is 0 Å². The molecule has 1 aliphatic rings. The molecule has 1 aromatic rings. The predicted octanol–water partition coefficient (Wildman–Crippen LogP) is 2.12. The number of rotatable bonds is 4. The highest BCUT2D eigenvalue weighted by molar-refractivity contribution is 5.90. The highest BCUT2D eigenvalue weighted by Crippen LogP contribution is 2.20. The van der Waals surface area contributed by atoms with Crippen molar-refractivity contribution < 1.29 is 9.53 Å². The van der Waals surface area contributed by atoms with Gasteiger partial charge in [0.1, 0.15) is 0 Å². The number of methoxy groups -OCH3 is 1. The van der Waals surface area contributed by atoms with E-state index in [0.29, 0.717) is 12.6 Å². The molecular weight excluding hydrogens is 204 g/mol. The van der Waals surface area contributed by atoms with Crippen LogP contribution in [0.2, 0.25) is 0 Å². The van der Waals surface area contributed by atoms with Crippen molar-refractivity contribution >= 4 is 11.7 Å². The largest absolute Gasteiger partial charge is 0.380 e. The Morgan fingerprint density at radius 3 is 2.88 bits per heavy atom. The maximum absolute atomic E-state index is 11.6. The van der Waals surface area contributed by atoms with Crippen molar-refractivity contribution in [2.45, 2.75) is 25.5 Å². The summed E-state index contributed by atoms with van der Waals surface area (Å²) >= 11 is 0. The van der Waals surface area contributed by atoms with E-state index in [-0.39, 0.29) is 6.03 Å². The van der Waals surface area contributed by atoms with Gasteiger partial charge in [-0.25, -0.2) is 4.79 Å². The van der Waals surface area contributed by atoms with Gasteiger partial charge in [-0.1, -0.05) is 18.2 Å². The quantitative estimate of drug-likeness (QED) is 0.816. The highest BCUT2D eigenvalue weighted by atomic mass is 16.5. The fourth-order valence-electron chi connectivity index (χ4n) is 1.50. The Labute approximate surface area is 95.0 Å². The fraction of sp³-hybridized carbons (Fsp3) is 0.417. The number of hydrogen-bond acceptors (Lipinski definition) is 2. The molecule has 0 heterocycles. The standard InChI is InChI=1S/C12H16N2O2/c1-16-8-9-4-2-3-5-11(9)14-12(15)13-10-6-7-10/h2-5,10H,6-8H2,1H3,(H2,13,14,15). The minimum absolute atomic E-state index is 0.133. The van der Waals surface area contributed by atoms with Gasteiger partial charge in [-0.3, -0.25) is 0 Å². The predicted molar refractivity (Wildman–Crippen MR) is 62.3 cm³/mol. The molecule has 0 radical (unpaired) electrons. The molecule has 1 aromatic carbocycles. The lowest BCUT2D eigenvalue weighted by Gasteiger charge is -2.10. The number of anilines is 1. The average Bonchev–Trinajstić information content (AvgIpc) is 3.05. The second-order valence-electron chi connectivity index (χ2n) is 3.96. The number of benzene rings is 1. The van der Waals surface area contributed by atoms with Gasteiger partial charge >= 0.3 is 6.03 Å². The number of para-hydroxylation sites is 1. The van der Waals surface area contributed by atoms with E-state index < -0.39 is 0 Å². The number of ether oxygens (including phenoxy) is 1. The summed E-state index contributed by atoms with van der Waals surface area (Å²) in [5.41, 5.74) is 1.79. The monoisotopic (exact) mass is 220 g/mol. The molecule has 4 heteroatoms. The second kappa shape index (κ2) is 4.99. The Bertz CT molecular complexity index is 375. The van der Waals surface area contributed by atoms with Gasteiger partial charge in [-0.15, -0.1) is 0 Å². The molecule has 0 saturated heterocycles. The fourth-order valence-corrected chi connectivity index (χ4v) is 1.50. The van der Waals surface area contributed by atoms with Gasteiger partial charge in [0, 0.05) is 24.4 Å². The first-order valence-corrected chi connectivity index (χ1v) is 5.44. The van der Waals surface area contributed by atoms with Gasteiger partial charge in [0.15, 0.2) is 0 Å². The molecule has 1 fully saturated rings. The number of hydrogen-bond donors (Lipinski definition) is 2. The molecule has 2 amide bonds. The number of amides is 2. The number of carbonyl (C=O) groups excluding carboxylic acids is 1. The van der Waals surface area contributed by atoms with Crippen LogP contribution in [0.15, 0.2) is 24.3 Å². The Morgan fingerprint density at radius 2 is 2.19 bits per heavy atom. The lowest BCUT2D eigenvalue weighted by molar-refractivity contribution is 0.185.